The predicted octanol–water partition coefficient (Wildman–Crippen LogP) is 3.25. The third-order valence-electron chi connectivity index (χ3n) is 5.05. The first-order chi connectivity index (χ1) is 15.7. The monoisotopic (exact) mass is 492 g/mol. The molecule has 1 aromatic heterocycles. The number of thiophene rings is 1. The highest BCUT2D eigenvalue weighted by molar-refractivity contribution is 7.89. The number of hydrogen-bond acceptors (Lipinski definition) is 7. The average Bonchev–Trinajstić information content (AvgIpc) is 3.23. The molecule has 1 amide bonds. The number of ether oxygens (including phenoxy) is 2. The normalized spacial score (nSPS) is 15.8. The second kappa shape index (κ2) is 9.56. The number of carbonyl (C=O) groups excluding carboxylic acids is 2. The van der Waals surface area contributed by atoms with E-state index in [1.54, 1.807) is 18.2 Å². The van der Waals surface area contributed by atoms with Gasteiger partial charge in [0.15, 0.2) is 6.10 Å². The van der Waals surface area contributed by atoms with E-state index in [4.69, 9.17) is 9.47 Å². The molecule has 2 heterocycles. The third kappa shape index (κ3) is 5.22. The fourth-order valence-electron chi connectivity index (χ4n) is 3.29. The van der Waals surface area contributed by atoms with Crippen LogP contribution in [0.4, 0.5) is 10.1 Å². The van der Waals surface area contributed by atoms with Gasteiger partial charge < -0.3 is 14.8 Å². The van der Waals surface area contributed by atoms with Crippen LogP contribution in [0.1, 0.15) is 16.6 Å². The van der Waals surface area contributed by atoms with E-state index in [9.17, 15) is 22.4 Å². The lowest BCUT2D eigenvalue weighted by Crippen LogP contribution is -2.40. The minimum Gasteiger partial charge on any atom is -0.448 e. The molecule has 4 rings (SSSR count). The summed E-state index contributed by atoms with van der Waals surface area (Å²) in [6.45, 7) is 2.58. The van der Waals surface area contributed by atoms with Gasteiger partial charge in [-0.1, -0.05) is 12.1 Å². The number of benzene rings is 2. The van der Waals surface area contributed by atoms with Crippen LogP contribution in [0.2, 0.25) is 0 Å². The van der Waals surface area contributed by atoms with Crippen molar-refractivity contribution in [3.8, 4) is 0 Å². The summed E-state index contributed by atoms with van der Waals surface area (Å²) in [5.41, 5.74) is 0.259. The molecule has 11 heteroatoms. The van der Waals surface area contributed by atoms with Crippen molar-refractivity contribution in [3.05, 3.63) is 59.2 Å². The Hall–Kier alpha value is -2.86. The van der Waals surface area contributed by atoms with Gasteiger partial charge in [-0.3, -0.25) is 4.79 Å². The smallest absolute Gasteiger partial charge is 0.349 e. The average molecular weight is 493 g/mol. The Balaban J connectivity index is 1.42. The van der Waals surface area contributed by atoms with Gasteiger partial charge in [0.05, 0.1) is 18.1 Å². The fourth-order valence-corrected chi connectivity index (χ4v) is 5.72. The maximum Gasteiger partial charge on any atom is 0.349 e. The number of anilines is 1. The molecule has 174 valence electrons. The Morgan fingerprint density at radius 1 is 1.15 bits per heavy atom. The lowest BCUT2D eigenvalue weighted by molar-refractivity contribution is -0.123. The third-order valence-corrected chi connectivity index (χ3v) is 8.02. The van der Waals surface area contributed by atoms with Crippen molar-refractivity contribution >= 4 is 49.0 Å². The summed E-state index contributed by atoms with van der Waals surface area (Å²) in [5.74, 6) is -1.73. The van der Waals surface area contributed by atoms with Gasteiger partial charge in [0.2, 0.25) is 10.0 Å². The number of hydrogen-bond donors (Lipinski definition) is 1. The quantitative estimate of drug-likeness (QED) is 0.530. The largest absolute Gasteiger partial charge is 0.448 e. The zero-order valence-corrected chi connectivity index (χ0v) is 19.2. The molecule has 2 aromatic carbocycles. The number of nitrogens with zero attached hydrogens (tertiary/aromatic N) is 1. The van der Waals surface area contributed by atoms with E-state index in [1.165, 1.54) is 41.6 Å². The molecular formula is C22H21FN2O6S2. The molecule has 1 atom stereocenters. The summed E-state index contributed by atoms with van der Waals surface area (Å²) < 4.78 is 51.4. The Kier molecular flexibility index (Phi) is 6.75. The molecule has 3 aromatic rings. The first-order valence-electron chi connectivity index (χ1n) is 10.1. The number of morpholine rings is 1. The Bertz CT molecular complexity index is 1300. The van der Waals surface area contributed by atoms with Crippen molar-refractivity contribution in [2.24, 2.45) is 0 Å². The Morgan fingerprint density at radius 2 is 1.91 bits per heavy atom. The molecule has 1 fully saturated rings. The first-order valence-corrected chi connectivity index (χ1v) is 12.4. The topological polar surface area (TPSA) is 102 Å². The summed E-state index contributed by atoms with van der Waals surface area (Å²) in [5, 5.41) is 3.28. The molecule has 1 saturated heterocycles. The molecule has 8 nitrogen and oxygen atoms in total. The van der Waals surface area contributed by atoms with Crippen molar-refractivity contribution < 1.29 is 31.9 Å². The number of amides is 1. The first kappa shape index (κ1) is 23.3. The highest BCUT2D eigenvalue weighted by Crippen LogP contribution is 2.27. The van der Waals surface area contributed by atoms with Crippen LogP contribution >= 0.6 is 11.3 Å². The molecule has 0 aliphatic carbocycles. The van der Waals surface area contributed by atoms with Crippen molar-refractivity contribution in [1.82, 2.24) is 4.31 Å². The zero-order chi connectivity index (χ0) is 23.6. The second-order valence-electron chi connectivity index (χ2n) is 7.37. The molecule has 1 N–H and O–H groups in total. The standard InChI is InChI=1S/C22H21FN2O6S2/c1-14(31-22(27)20-11-15-5-6-16(23)12-19(15)32-20)21(26)24-17-3-2-4-18(13-17)33(28,29)25-7-9-30-10-8-25/h2-6,11-14H,7-10H2,1H3,(H,24,26). The summed E-state index contributed by atoms with van der Waals surface area (Å²) in [6, 6.07) is 11.6. The van der Waals surface area contributed by atoms with E-state index in [1.807, 2.05) is 0 Å². The van der Waals surface area contributed by atoms with Crippen LogP contribution in [0.25, 0.3) is 10.1 Å². The number of fused-ring (bicyclic) bond motifs is 1. The Morgan fingerprint density at radius 3 is 2.67 bits per heavy atom. The molecule has 0 bridgehead atoms. The highest BCUT2D eigenvalue weighted by Gasteiger charge is 2.27. The molecule has 33 heavy (non-hydrogen) atoms. The van der Waals surface area contributed by atoms with Crippen LogP contribution in [0, 0.1) is 5.82 Å². The summed E-state index contributed by atoms with van der Waals surface area (Å²) in [7, 11) is -3.72. The van der Waals surface area contributed by atoms with Gasteiger partial charge in [-0.25, -0.2) is 17.6 Å². The minimum absolute atomic E-state index is 0.0457. The van der Waals surface area contributed by atoms with Crippen LogP contribution in [-0.4, -0.2) is 57.0 Å². The maximum absolute atomic E-state index is 13.4. The van der Waals surface area contributed by atoms with Gasteiger partial charge in [0.25, 0.3) is 5.91 Å². The van der Waals surface area contributed by atoms with Gasteiger partial charge >= 0.3 is 5.97 Å². The molecule has 0 radical (unpaired) electrons. The van der Waals surface area contributed by atoms with Gasteiger partial charge in [-0.05, 0) is 48.7 Å². The predicted molar refractivity (Wildman–Crippen MR) is 121 cm³/mol. The number of rotatable bonds is 6. The zero-order valence-electron chi connectivity index (χ0n) is 17.6. The number of nitrogens with one attached hydrogen (secondary N) is 1. The lowest BCUT2D eigenvalue weighted by atomic mass is 10.2. The van der Waals surface area contributed by atoms with Crippen molar-refractivity contribution in [3.63, 3.8) is 0 Å². The number of sulfonamides is 1. The van der Waals surface area contributed by atoms with Crippen molar-refractivity contribution in [2.75, 3.05) is 31.6 Å². The van der Waals surface area contributed by atoms with E-state index in [2.05, 4.69) is 5.32 Å². The van der Waals surface area contributed by atoms with E-state index >= 15 is 0 Å². The van der Waals surface area contributed by atoms with Crippen LogP contribution in [-0.2, 0) is 24.3 Å². The maximum atomic E-state index is 13.4. The Labute approximate surface area is 194 Å². The summed E-state index contributed by atoms with van der Waals surface area (Å²) >= 11 is 1.07. The van der Waals surface area contributed by atoms with Crippen LogP contribution in [0.15, 0.2) is 53.4 Å². The molecule has 0 saturated carbocycles. The lowest BCUT2D eigenvalue weighted by Gasteiger charge is -2.26. The molecule has 1 aliphatic heterocycles. The number of halogens is 1. The van der Waals surface area contributed by atoms with Gasteiger partial charge in [0.1, 0.15) is 10.7 Å². The summed E-state index contributed by atoms with van der Waals surface area (Å²) in [6.07, 6.45) is -1.14. The summed E-state index contributed by atoms with van der Waals surface area (Å²) in [4.78, 5) is 25.3. The SMILES string of the molecule is CC(OC(=O)c1cc2ccc(F)cc2s1)C(=O)Nc1cccc(S(=O)(=O)N2CCOCC2)c1. The molecule has 0 spiro atoms. The molecule has 1 aliphatic rings. The van der Waals surface area contributed by atoms with Gasteiger partial charge in [-0.15, -0.1) is 11.3 Å². The van der Waals surface area contributed by atoms with Crippen LogP contribution < -0.4 is 5.32 Å². The van der Waals surface area contributed by atoms with Crippen LogP contribution in [0.5, 0.6) is 0 Å². The number of esters is 1. The van der Waals surface area contributed by atoms with Crippen molar-refractivity contribution in [1.29, 1.82) is 0 Å². The van der Waals surface area contributed by atoms with Crippen molar-refractivity contribution in [2.45, 2.75) is 17.9 Å². The molecular weight excluding hydrogens is 471 g/mol. The van der Waals surface area contributed by atoms with E-state index in [0.717, 1.165) is 11.3 Å². The van der Waals surface area contributed by atoms with E-state index < -0.39 is 33.8 Å². The second-order valence-corrected chi connectivity index (χ2v) is 10.4. The highest BCUT2D eigenvalue weighted by atomic mass is 32.2. The van der Waals surface area contributed by atoms with Crippen LogP contribution in [0.3, 0.4) is 0 Å². The van der Waals surface area contributed by atoms with Gasteiger partial charge in [-0.2, -0.15) is 4.31 Å². The number of carbonyl (C=O) groups is 2. The molecule has 1 unspecified atom stereocenters. The van der Waals surface area contributed by atoms with Gasteiger partial charge in [0, 0.05) is 23.5 Å². The fraction of sp³-hybridized carbons (Fsp3) is 0.273. The van der Waals surface area contributed by atoms with E-state index in [-0.39, 0.29) is 28.5 Å². The minimum atomic E-state index is -3.72. The van der Waals surface area contributed by atoms with E-state index in [0.29, 0.717) is 23.3 Å².